The van der Waals surface area contributed by atoms with Crippen molar-refractivity contribution in [2.24, 2.45) is 0 Å². The van der Waals surface area contributed by atoms with Gasteiger partial charge in [0.05, 0.1) is 47.0 Å². The number of nitriles is 1. The normalized spacial score (nSPS) is 18.4. The van der Waals surface area contributed by atoms with Crippen LogP contribution in [0.4, 0.5) is 11.5 Å². The van der Waals surface area contributed by atoms with E-state index in [1.807, 2.05) is 39.1 Å². The van der Waals surface area contributed by atoms with E-state index in [2.05, 4.69) is 61.1 Å². The van der Waals surface area contributed by atoms with Gasteiger partial charge < -0.3 is 35.0 Å². The lowest BCUT2D eigenvalue weighted by molar-refractivity contribution is -0.128. The second-order valence-corrected chi connectivity index (χ2v) is 18.3. The molecule has 2 amide bonds. The molecule has 2 aromatic heterocycles. The summed E-state index contributed by atoms with van der Waals surface area (Å²) in [7, 11) is 1.98. The average molecular weight is 938 g/mol. The van der Waals surface area contributed by atoms with E-state index in [-0.39, 0.29) is 77.8 Å². The van der Waals surface area contributed by atoms with Crippen molar-refractivity contribution in [2.75, 3.05) is 56.2 Å². The van der Waals surface area contributed by atoms with Crippen molar-refractivity contribution in [1.29, 1.82) is 5.26 Å². The van der Waals surface area contributed by atoms with Crippen LogP contribution >= 0.6 is 11.6 Å². The lowest BCUT2D eigenvalue weighted by Gasteiger charge is -2.42. The van der Waals surface area contributed by atoms with E-state index < -0.39 is 5.69 Å². The van der Waals surface area contributed by atoms with Crippen LogP contribution in [0, 0.1) is 11.3 Å². The highest BCUT2D eigenvalue weighted by Crippen LogP contribution is 2.39. The smallest absolute Gasteiger partial charge is 0.348 e. The molecular formula is C50H52ClN11O6. The Kier molecular flexibility index (Phi) is 12.8. The van der Waals surface area contributed by atoms with Crippen LogP contribution in [-0.2, 0) is 17.8 Å². The number of nitrogens with zero attached hydrogens (tertiary/aromatic N) is 9. The fourth-order valence-corrected chi connectivity index (χ4v) is 10.0. The van der Waals surface area contributed by atoms with Crippen LogP contribution in [0.15, 0.2) is 90.2 Å². The van der Waals surface area contributed by atoms with Gasteiger partial charge in [-0.05, 0) is 85.3 Å². The molecular weight excluding hydrogens is 886 g/mol. The number of hydrogen-bond acceptors (Lipinski definition) is 13. The molecule has 3 aliphatic heterocycles. The van der Waals surface area contributed by atoms with E-state index in [0.29, 0.717) is 73.9 Å². The number of anilines is 2. The maximum atomic E-state index is 13.6. The van der Waals surface area contributed by atoms with Gasteiger partial charge in [-0.25, -0.2) is 14.5 Å². The first-order valence-corrected chi connectivity index (χ1v) is 23.0. The number of hydrogen-bond donors (Lipinski definition) is 4. The second kappa shape index (κ2) is 19.1. The minimum atomic E-state index is -0.535. The number of benzene rings is 4. The summed E-state index contributed by atoms with van der Waals surface area (Å²) >= 11 is 6.78. The molecule has 0 spiro atoms. The summed E-state index contributed by atoms with van der Waals surface area (Å²) in [4.78, 5) is 57.7. The number of phenolic OH excluding ortho intramolecular Hbond substituents is 2. The summed E-state index contributed by atoms with van der Waals surface area (Å²) in [6.45, 7) is 10.8. The minimum Gasteiger partial charge on any atom is -0.508 e. The summed E-state index contributed by atoms with van der Waals surface area (Å²) in [6, 6.07) is 23.3. The number of halogens is 1. The maximum Gasteiger partial charge on any atom is 0.348 e. The monoisotopic (exact) mass is 937 g/mol. The van der Waals surface area contributed by atoms with Crippen molar-refractivity contribution in [1.82, 2.24) is 39.8 Å². The van der Waals surface area contributed by atoms with E-state index >= 15 is 0 Å². The zero-order valence-electron chi connectivity index (χ0n) is 38.0. The van der Waals surface area contributed by atoms with E-state index in [1.54, 1.807) is 35.2 Å². The van der Waals surface area contributed by atoms with Gasteiger partial charge in [0.25, 0.3) is 5.91 Å². The number of aromatic nitrogens is 5. The van der Waals surface area contributed by atoms with Gasteiger partial charge in [-0.3, -0.25) is 14.5 Å². The SMILES string of the molecule is C=CC(=O)N1CCN(c2nc(OC[C@@H]3C[C@@H](NC(=O)c4ccc(-n5c(-c6cc(C(C)C)c(O)cc6O)n[nH]c5=O)cc4)CN3C)nc3c2CCN(c2cccc4cccc(Cl)c24)C3)CC1CC#N. The molecule has 1 unspecified atom stereocenters. The number of amides is 2. The van der Waals surface area contributed by atoms with Crippen LogP contribution in [0.25, 0.3) is 27.8 Å². The third-order valence-electron chi connectivity index (χ3n) is 13.3. The highest BCUT2D eigenvalue weighted by Gasteiger charge is 2.35. The van der Waals surface area contributed by atoms with Gasteiger partial charge in [0.2, 0.25) is 5.91 Å². The number of likely N-dealkylation sites (tertiary alicyclic amines) is 1. The Morgan fingerprint density at radius 2 is 1.79 bits per heavy atom. The van der Waals surface area contributed by atoms with Crippen molar-refractivity contribution < 1.29 is 24.5 Å². The van der Waals surface area contributed by atoms with Crippen LogP contribution in [-0.4, -0.2) is 121 Å². The summed E-state index contributed by atoms with van der Waals surface area (Å²) < 4.78 is 7.78. The van der Waals surface area contributed by atoms with Gasteiger partial charge in [-0.15, -0.1) is 0 Å². The number of aromatic hydroxyl groups is 2. The summed E-state index contributed by atoms with van der Waals surface area (Å²) in [6.07, 6.45) is 2.72. The third-order valence-corrected chi connectivity index (χ3v) is 13.6. The number of ether oxygens (including phenoxy) is 1. The van der Waals surface area contributed by atoms with Gasteiger partial charge in [0.15, 0.2) is 5.82 Å². The lowest BCUT2D eigenvalue weighted by atomic mass is 9.98. The molecule has 0 radical (unpaired) electrons. The Balaban J connectivity index is 0.909. The first-order chi connectivity index (χ1) is 32.8. The fourth-order valence-electron chi connectivity index (χ4n) is 9.73. The lowest BCUT2D eigenvalue weighted by Crippen LogP contribution is -2.55. The number of piperazine rings is 1. The van der Waals surface area contributed by atoms with E-state index in [0.717, 1.165) is 33.5 Å². The number of phenols is 2. The van der Waals surface area contributed by atoms with E-state index in [4.69, 9.17) is 26.3 Å². The number of nitrogens with one attached hydrogen (secondary N) is 2. The Bertz CT molecular complexity index is 3010. The van der Waals surface area contributed by atoms with Crippen LogP contribution in [0.3, 0.4) is 0 Å². The van der Waals surface area contributed by atoms with Crippen LogP contribution in [0.5, 0.6) is 17.5 Å². The van der Waals surface area contributed by atoms with Gasteiger partial charge in [-0.2, -0.15) is 20.3 Å². The van der Waals surface area contributed by atoms with Gasteiger partial charge in [-0.1, -0.05) is 56.3 Å². The Morgan fingerprint density at radius 3 is 2.54 bits per heavy atom. The Hall–Kier alpha value is -7.42. The largest absolute Gasteiger partial charge is 0.508 e. The Morgan fingerprint density at radius 1 is 1.01 bits per heavy atom. The average Bonchev–Trinajstić information content (AvgIpc) is 3.89. The van der Waals surface area contributed by atoms with Gasteiger partial charge >= 0.3 is 11.7 Å². The first-order valence-electron chi connectivity index (χ1n) is 22.7. The molecule has 4 aromatic carbocycles. The van der Waals surface area contributed by atoms with Gasteiger partial charge in [0, 0.05) is 73.1 Å². The maximum absolute atomic E-state index is 13.6. The standard InChI is InChI=1S/C50H52ClN11O6/c1-5-44(65)61-21-20-60(26-34(61)16-18-52)46-36-17-19-59(41-11-7-9-30-8-6-10-39(51)45(30)41)27-40(36)54-49(55-46)68-28-35-22-32(25-58(35)4)53-48(66)31-12-14-33(15-13-31)62-47(56-57-50(62)67)38-23-37(29(2)3)42(63)24-43(38)64/h5-15,23-24,29,32,34-35,63-64H,1,16-17,19-22,25-28H2,2-4H3,(H,53,66)(H,57,67)/t32-,34?,35+/m1/s1. The van der Waals surface area contributed by atoms with Crippen molar-refractivity contribution in [3.63, 3.8) is 0 Å². The minimum absolute atomic E-state index is 0.0544. The van der Waals surface area contributed by atoms with Crippen LogP contribution < -0.4 is 25.5 Å². The van der Waals surface area contributed by atoms with Gasteiger partial charge in [0.1, 0.15) is 23.9 Å². The predicted octanol–water partition coefficient (Wildman–Crippen LogP) is 5.92. The summed E-state index contributed by atoms with van der Waals surface area (Å²) in [5, 5.41) is 43.3. The highest BCUT2D eigenvalue weighted by atomic mass is 35.5. The molecule has 6 aromatic rings. The molecule has 2 fully saturated rings. The molecule has 9 rings (SSSR count). The molecule has 0 aliphatic carbocycles. The van der Waals surface area contributed by atoms with Crippen molar-refractivity contribution in [3.05, 3.63) is 123 Å². The first kappa shape index (κ1) is 45.7. The number of likely N-dealkylation sites (N-methyl/N-ethyl adjacent to an activating group) is 1. The predicted molar refractivity (Wildman–Crippen MR) is 259 cm³/mol. The topological polar surface area (TPSA) is 209 Å². The molecule has 3 aliphatic rings. The molecule has 2 saturated heterocycles. The van der Waals surface area contributed by atoms with Crippen molar-refractivity contribution >= 4 is 45.7 Å². The van der Waals surface area contributed by atoms with E-state index in [9.17, 15) is 29.9 Å². The zero-order valence-corrected chi connectivity index (χ0v) is 38.8. The number of carbonyl (C=O) groups excluding carboxylic acids is 2. The molecule has 5 heterocycles. The number of rotatable bonds is 12. The molecule has 0 saturated carbocycles. The molecule has 0 bridgehead atoms. The summed E-state index contributed by atoms with van der Waals surface area (Å²) in [5.74, 6) is 0.0625. The van der Waals surface area contributed by atoms with Crippen molar-refractivity contribution in [2.45, 2.75) is 63.7 Å². The molecule has 18 heteroatoms. The molecule has 4 N–H and O–H groups in total. The fraction of sp³-hybridized carbons (Fsp3) is 0.340. The third kappa shape index (κ3) is 8.92. The van der Waals surface area contributed by atoms with Crippen LogP contribution in [0.2, 0.25) is 5.02 Å². The van der Waals surface area contributed by atoms with E-state index in [1.165, 1.54) is 16.7 Å². The number of carbonyl (C=O) groups is 2. The molecule has 3 atom stereocenters. The summed E-state index contributed by atoms with van der Waals surface area (Å²) in [5.41, 5.74) is 3.98. The number of aromatic amines is 1. The molecule has 17 nitrogen and oxygen atoms in total. The quantitative estimate of drug-likeness (QED) is 0.105. The number of fused-ring (bicyclic) bond motifs is 2. The Labute approximate surface area is 397 Å². The molecule has 68 heavy (non-hydrogen) atoms. The molecule has 350 valence electrons. The zero-order chi connectivity index (χ0) is 47.8. The highest BCUT2D eigenvalue weighted by molar-refractivity contribution is 6.36. The second-order valence-electron chi connectivity index (χ2n) is 17.9. The number of H-pyrrole nitrogens is 1. The van der Waals surface area contributed by atoms with Crippen LogP contribution in [0.1, 0.15) is 59.8 Å². The van der Waals surface area contributed by atoms with Crippen molar-refractivity contribution in [3.8, 4) is 40.7 Å².